The molecule has 0 heterocycles. The molecule has 0 radical (unpaired) electrons. The van der Waals surface area contributed by atoms with E-state index in [2.05, 4.69) is 21.2 Å². The fourth-order valence-corrected chi connectivity index (χ4v) is 1.61. The van der Waals surface area contributed by atoms with E-state index in [0.29, 0.717) is 5.56 Å². The van der Waals surface area contributed by atoms with Crippen molar-refractivity contribution in [3.63, 3.8) is 0 Å². The van der Waals surface area contributed by atoms with Crippen LogP contribution in [0.25, 0.3) is 0 Å². The zero-order valence-corrected chi connectivity index (χ0v) is 10.5. The number of nitrogens with two attached hydrogens (primary N) is 1. The molecule has 16 heavy (non-hydrogen) atoms. The van der Waals surface area contributed by atoms with Gasteiger partial charge in [0, 0.05) is 23.0 Å². The zero-order valence-electron chi connectivity index (χ0n) is 8.92. The SMILES string of the molecule is Cc1c(Br)cccc1C(=O)NCCC(N)=O. The Kier molecular flexibility index (Phi) is 4.49. The van der Waals surface area contributed by atoms with Gasteiger partial charge in [-0.3, -0.25) is 9.59 Å². The Hall–Kier alpha value is -1.36. The number of rotatable bonds is 4. The Morgan fingerprint density at radius 2 is 2.12 bits per heavy atom. The number of carbonyl (C=O) groups excluding carboxylic acids is 2. The smallest absolute Gasteiger partial charge is 0.251 e. The van der Waals surface area contributed by atoms with E-state index in [1.807, 2.05) is 13.0 Å². The van der Waals surface area contributed by atoms with E-state index in [1.165, 1.54) is 0 Å². The van der Waals surface area contributed by atoms with Crippen LogP contribution in [0.3, 0.4) is 0 Å². The minimum Gasteiger partial charge on any atom is -0.370 e. The molecule has 0 aliphatic heterocycles. The number of carbonyl (C=O) groups is 2. The average molecular weight is 285 g/mol. The molecule has 0 unspecified atom stereocenters. The first-order chi connectivity index (χ1) is 7.52. The van der Waals surface area contributed by atoms with Crippen molar-refractivity contribution in [1.82, 2.24) is 5.32 Å². The van der Waals surface area contributed by atoms with Crippen LogP contribution in [0.4, 0.5) is 0 Å². The summed E-state index contributed by atoms with van der Waals surface area (Å²) in [5, 5.41) is 2.64. The minimum atomic E-state index is -0.425. The highest BCUT2D eigenvalue weighted by Gasteiger charge is 2.10. The predicted molar refractivity (Wildman–Crippen MR) is 65.0 cm³/mol. The molecule has 4 nitrogen and oxygen atoms in total. The molecular formula is C11H13BrN2O2. The van der Waals surface area contributed by atoms with E-state index in [0.717, 1.165) is 10.0 Å². The van der Waals surface area contributed by atoms with Crippen molar-refractivity contribution in [2.75, 3.05) is 6.54 Å². The Balaban J connectivity index is 2.66. The minimum absolute atomic E-state index is 0.152. The number of primary amides is 1. The second kappa shape index (κ2) is 5.65. The lowest BCUT2D eigenvalue weighted by Gasteiger charge is -2.07. The van der Waals surface area contributed by atoms with Crippen LogP contribution < -0.4 is 11.1 Å². The number of halogens is 1. The number of hydrogen-bond donors (Lipinski definition) is 2. The van der Waals surface area contributed by atoms with Crippen molar-refractivity contribution < 1.29 is 9.59 Å². The molecule has 0 spiro atoms. The third-order valence-corrected chi connectivity index (χ3v) is 3.03. The summed E-state index contributed by atoms with van der Waals surface area (Å²) in [5.74, 6) is -0.619. The third kappa shape index (κ3) is 3.34. The molecular weight excluding hydrogens is 272 g/mol. The van der Waals surface area contributed by atoms with Gasteiger partial charge in [0.05, 0.1) is 0 Å². The summed E-state index contributed by atoms with van der Waals surface area (Å²) >= 11 is 3.35. The van der Waals surface area contributed by atoms with E-state index in [4.69, 9.17) is 5.73 Å². The molecule has 0 saturated carbocycles. The van der Waals surface area contributed by atoms with Crippen LogP contribution in [-0.2, 0) is 4.79 Å². The molecule has 0 saturated heterocycles. The first-order valence-corrected chi connectivity index (χ1v) is 5.63. The van der Waals surface area contributed by atoms with Gasteiger partial charge in [-0.25, -0.2) is 0 Å². The average Bonchev–Trinajstić information content (AvgIpc) is 2.21. The first-order valence-electron chi connectivity index (χ1n) is 4.84. The van der Waals surface area contributed by atoms with Crippen LogP contribution in [0.15, 0.2) is 22.7 Å². The number of hydrogen-bond acceptors (Lipinski definition) is 2. The van der Waals surface area contributed by atoms with Crippen molar-refractivity contribution in [1.29, 1.82) is 0 Å². The summed E-state index contributed by atoms with van der Waals surface area (Å²) in [6.45, 7) is 2.12. The van der Waals surface area contributed by atoms with Crippen LogP contribution in [-0.4, -0.2) is 18.4 Å². The van der Waals surface area contributed by atoms with E-state index >= 15 is 0 Å². The summed E-state index contributed by atoms with van der Waals surface area (Å²) in [5.41, 5.74) is 6.44. The molecule has 0 atom stereocenters. The maximum absolute atomic E-state index is 11.7. The van der Waals surface area contributed by atoms with Crippen molar-refractivity contribution in [2.45, 2.75) is 13.3 Å². The maximum Gasteiger partial charge on any atom is 0.251 e. The van der Waals surface area contributed by atoms with E-state index in [1.54, 1.807) is 12.1 Å². The Labute approximate surface area is 102 Å². The van der Waals surface area contributed by atoms with Gasteiger partial charge >= 0.3 is 0 Å². The fraction of sp³-hybridized carbons (Fsp3) is 0.273. The van der Waals surface area contributed by atoms with E-state index in [-0.39, 0.29) is 18.9 Å². The van der Waals surface area contributed by atoms with Crippen LogP contribution >= 0.6 is 15.9 Å². The van der Waals surface area contributed by atoms with Gasteiger partial charge in [-0.05, 0) is 24.6 Å². The van der Waals surface area contributed by atoms with Gasteiger partial charge in [0.25, 0.3) is 5.91 Å². The molecule has 5 heteroatoms. The predicted octanol–water partition coefficient (Wildman–Crippen LogP) is 1.36. The molecule has 1 aromatic carbocycles. The lowest BCUT2D eigenvalue weighted by molar-refractivity contribution is -0.117. The molecule has 0 bridgehead atoms. The lowest BCUT2D eigenvalue weighted by Crippen LogP contribution is -2.28. The topological polar surface area (TPSA) is 72.2 Å². The van der Waals surface area contributed by atoms with Crippen molar-refractivity contribution in [3.05, 3.63) is 33.8 Å². The molecule has 0 aliphatic rings. The Bertz CT molecular complexity index is 418. The molecule has 0 aromatic heterocycles. The molecule has 1 rings (SSSR count). The Morgan fingerprint density at radius 1 is 1.44 bits per heavy atom. The largest absolute Gasteiger partial charge is 0.370 e. The molecule has 2 amide bonds. The summed E-state index contributed by atoms with van der Waals surface area (Å²) in [6.07, 6.45) is 0.152. The number of benzene rings is 1. The standard InChI is InChI=1S/C11H13BrN2O2/c1-7-8(3-2-4-9(7)12)11(16)14-6-5-10(13)15/h2-4H,5-6H2,1H3,(H2,13,15)(H,14,16). The van der Waals surface area contributed by atoms with Crippen molar-refractivity contribution in [3.8, 4) is 0 Å². The first kappa shape index (κ1) is 12.7. The van der Waals surface area contributed by atoms with Gasteiger partial charge in [-0.15, -0.1) is 0 Å². The zero-order chi connectivity index (χ0) is 12.1. The Morgan fingerprint density at radius 3 is 2.75 bits per heavy atom. The molecule has 1 aromatic rings. The van der Waals surface area contributed by atoms with E-state index < -0.39 is 5.91 Å². The highest BCUT2D eigenvalue weighted by atomic mass is 79.9. The normalized spacial score (nSPS) is 9.88. The van der Waals surface area contributed by atoms with Crippen LogP contribution in [0.2, 0.25) is 0 Å². The number of amides is 2. The second-order valence-electron chi connectivity index (χ2n) is 3.38. The van der Waals surface area contributed by atoms with E-state index in [9.17, 15) is 9.59 Å². The second-order valence-corrected chi connectivity index (χ2v) is 4.24. The van der Waals surface area contributed by atoms with Crippen molar-refractivity contribution >= 4 is 27.7 Å². The summed E-state index contributed by atoms with van der Waals surface area (Å²) in [6, 6.07) is 5.40. The fourth-order valence-electron chi connectivity index (χ4n) is 1.25. The molecule has 0 fully saturated rings. The third-order valence-electron chi connectivity index (χ3n) is 2.17. The van der Waals surface area contributed by atoms with Gasteiger partial charge in [-0.1, -0.05) is 22.0 Å². The van der Waals surface area contributed by atoms with Gasteiger partial charge in [0.2, 0.25) is 5.91 Å². The van der Waals surface area contributed by atoms with Gasteiger partial charge in [0.15, 0.2) is 0 Å². The molecule has 3 N–H and O–H groups in total. The monoisotopic (exact) mass is 284 g/mol. The highest BCUT2D eigenvalue weighted by molar-refractivity contribution is 9.10. The van der Waals surface area contributed by atoms with Gasteiger partial charge in [0.1, 0.15) is 0 Å². The van der Waals surface area contributed by atoms with Crippen LogP contribution in [0.5, 0.6) is 0 Å². The van der Waals surface area contributed by atoms with Crippen LogP contribution in [0, 0.1) is 6.92 Å². The summed E-state index contributed by atoms with van der Waals surface area (Å²) in [4.78, 5) is 22.2. The van der Waals surface area contributed by atoms with Crippen LogP contribution in [0.1, 0.15) is 22.3 Å². The van der Waals surface area contributed by atoms with Gasteiger partial charge in [-0.2, -0.15) is 0 Å². The quantitative estimate of drug-likeness (QED) is 0.876. The molecule has 0 aliphatic carbocycles. The number of nitrogens with one attached hydrogen (secondary N) is 1. The van der Waals surface area contributed by atoms with Crippen molar-refractivity contribution in [2.24, 2.45) is 5.73 Å². The molecule has 86 valence electrons. The van der Waals surface area contributed by atoms with Gasteiger partial charge < -0.3 is 11.1 Å². The maximum atomic E-state index is 11.7. The lowest BCUT2D eigenvalue weighted by atomic mass is 10.1. The summed E-state index contributed by atoms with van der Waals surface area (Å²) < 4.78 is 0.884. The highest BCUT2D eigenvalue weighted by Crippen LogP contribution is 2.19. The summed E-state index contributed by atoms with van der Waals surface area (Å²) in [7, 11) is 0.